The molecule has 2 N–H and O–H groups in total. The molecule has 138 valence electrons. The predicted octanol–water partition coefficient (Wildman–Crippen LogP) is 4.26. The van der Waals surface area contributed by atoms with E-state index in [1.165, 1.54) is 12.1 Å². The lowest BCUT2D eigenvalue weighted by Gasteiger charge is -2.08. The molecule has 0 aliphatic rings. The number of hydrogen-bond donors (Lipinski definition) is 2. The molecule has 0 saturated heterocycles. The van der Waals surface area contributed by atoms with Gasteiger partial charge in [-0.05, 0) is 42.8 Å². The zero-order valence-electron chi connectivity index (χ0n) is 15.1. The minimum Gasteiger partial charge on any atom is -0.478 e. The van der Waals surface area contributed by atoms with Crippen LogP contribution in [0.5, 0.6) is 0 Å². The van der Waals surface area contributed by atoms with Crippen molar-refractivity contribution in [3.8, 4) is 11.3 Å². The van der Waals surface area contributed by atoms with Crippen LogP contribution in [0.4, 0.5) is 5.69 Å². The first-order chi connectivity index (χ1) is 13.5. The Balaban J connectivity index is 1.65. The van der Waals surface area contributed by atoms with Crippen LogP contribution in [0.2, 0.25) is 0 Å². The molecule has 0 bridgehead atoms. The fraction of sp³-hybridized carbons (Fsp3) is 0.0455. The minimum atomic E-state index is -1.14. The molecule has 0 radical (unpaired) electrons. The second-order valence-electron chi connectivity index (χ2n) is 6.43. The second-order valence-corrected chi connectivity index (χ2v) is 6.43. The monoisotopic (exact) mass is 371 g/mol. The predicted molar refractivity (Wildman–Crippen MR) is 107 cm³/mol. The van der Waals surface area contributed by atoms with Crippen molar-refractivity contribution in [1.82, 2.24) is 9.38 Å². The lowest BCUT2D eigenvalue weighted by molar-refractivity contribution is 0.0692. The highest BCUT2D eigenvalue weighted by molar-refractivity contribution is 6.10. The summed E-state index contributed by atoms with van der Waals surface area (Å²) in [6.45, 7) is 2.00. The van der Waals surface area contributed by atoms with Crippen molar-refractivity contribution in [3.05, 3.63) is 89.7 Å². The van der Waals surface area contributed by atoms with E-state index in [1.807, 2.05) is 54.0 Å². The van der Waals surface area contributed by atoms with E-state index in [2.05, 4.69) is 10.3 Å². The number of aromatic nitrogens is 2. The average Bonchev–Trinajstić information content (AvgIpc) is 3.14. The number of carbonyl (C=O) groups excluding carboxylic acids is 1. The SMILES string of the molecule is Cc1cccn2cc(-c3cccc(NC(=O)c4ccccc4C(=O)O)c3)nc12. The molecule has 0 saturated carbocycles. The van der Waals surface area contributed by atoms with Gasteiger partial charge in [-0.15, -0.1) is 0 Å². The largest absolute Gasteiger partial charge is 0.478 e. The van der Waals surface area contributed by atoms with Gasteiger partial charge in [-0.1, -0.05) is 30.3 Å². The second kappa shape index (κ2) is 7.00. The van der Waals surface area contributed by atoms with Gasteiger partial charge in [-0.2, -0.15) is 0 Å². The summed E-state index contributed by atoms with van der Waals surface area (Å²) in [6.07, 6.45) is 3.87. The van der Waals surface area contributed by atoms with E-state index in [0.717, 1.165) is 22.5 Å². The third-order valence-electron chi connectivity index (χ3n) is 4.50. The number of benzene rings is 2. The van der Waals surface area contributed by atoms with E-state index < -0.39 is 11.9 Å². The summed E-state index contributed by atoms with van der Waals surface area (Å²) >= 11 is 0. The van der Waals surface area contributed by atoms with Crippen LogP contribution >= 0.6 is 0 Å². The van der Waals surface area contributed by atoms with Crippen molar-refractivity contribution >= 4 is 23.2 Å². The van der Waals surface area contributed by atoms with Crippen LogP contribution in [0, 0.1) is 6.92 Å². The highest BCUT2D eigenvalue weighted by atomic mass is 16.4. The molecule has 0 fully saturated rings. The Hall–Kier alpha value is -3.93. The van der Waals surface area contributed by atoms with Crippen molar-refractivity contribution < 1.29 is 14.7 Å². The molecule has 28 heavy (non-hydrogen) atoms. The van der Waals surface area contributed by atoms with Crippen LogP contribution in [0.25, 0.3) is 16.9 Å². The van der Waals surface area contributed by atoms with Gasteiger partial charge in [0.1, 0.15) is 5.65 Å². The number of anilines is 1. The van der Waals surface area contributed by atoms with Crippen LogP contribution in [-0.4, -0.2) is 26.4 Å². The van der Waals surface area contributed by atoms with Crippen LogP contribution in [0.3, 0.4) is 0 Å². The first-order valence-electron chi connectivity index (χ1n) is 8.71. The van der Waals surface area contributed by atoms with E-state index in [0.29, 0.717) is 5.69 Å². The highest BCUT2D eigenvalue weighted by Gasteiger charge is 2.16. The summed E-state index contributed by atoms with van der Waals surface area (Å²) < 4.78 is 1.96. The Morgan fingerprint density at radius 2 is 1.79 bits per heavy atom. The number of fused-ring (bicyclic) bond motifs is 1. The van der Waals surface area contributed by atoms with Crippen molar-refractivity contribution in [2.45, 2.75) is 6.92 Å². The van der Waals surface area contributed by atoms with E-state index >= 15 is 0 Å². The number of carboxylic acid groups (broad SMARTS) is 1. The Morgan fingerprint density at radius 3 is 2.54 bits per heavy atom. The van der Waals surface area contributed by atoms with Crippen molar-refractivity contribution in [1.29, 1.82) is 0 Å². The van der Waals surface area contributed by atoms with Crippen LogP contribution in [-0.2, 0) is 0 Å². The summed E-state index contributed by atoms with van der Waals surface area (Å²) in [7, 11) is 0. The van der Waals surface area contributed by atoms with E-state index in [-0.39, 0.29) is 11.1 Å². The fourth-order valence-corrected chi connectivity index (χ4v) is 3.12. The zero-order valence-corrected chi connectivity index (χ0v) is 15.1. The van der Waals surface area contributed by atoms with Gasteiger partial charge >= 0.3 is 5.97 Å². The number of aromatic carboxylic acids is 1. The minimum absolute atomic E-state index is 0.0352. The third kappa shape index (κ3) is 3.23. The molecule has 4 rings (SSSR count). The van der Waals surface area contributed by atoms with Crippen molar-refractivity contribution in [2.24, 2.45) is 0 Å². The molecule has 0 aliphatic heterocycles. The molecule has 2 heterocycles. The molecule has 1 amide bonds. The number of carbonyl (C=O) groups is 2. The van der Waals surface area contributed by atoms with Crippen LogP contribution < -0.4 is 5.32 Å². The lowest BCUT2D eigenvalue weighted by Crippen LogP contribution is -2.16. The zero-order chi connectivity index (χ0) is 19.7. The van der Waals surface area contributed by atoms with Gasteiger partial charge in [-0.3, -0.25) is 4.79 Å². The molecule has 2 aromatic heterocycles. The van der Waals surface area contributed by atoms with Gasteiger partial charge in [-0.25, -0.2) is 9.78 Å². The Morgan fingerprint density at radius 1 is 1.00 bits per heavy atom. The molecule has 0 spiro atoms. The standard InChI is InChI=1S/C22H17N3O3/c1-14-6-5-11-25-13-19(24-20(14)25)15-7-4-8-16(12-15)23-21(26)17-9-2-3-10-18(17)22(27)28/h2-13H,1H3,(H,23,26)(H,27,28). The van der Waals surface area contributed by atoms with Crippen LogP contribution in [0.15, 0.2) is 73.1 Å². The molecule has 0 aliphatic carbocycles. The smallest absolute Gasteiger partial charge is 0.336 e. The highest BCUT2D eigenvalue weighted by Crippen LogP contribution is 2.24. The number of pyridine rings is 1. The maximum absolute atomic E-state index is 12.6. The van der Waals surface area contributed by atoms with E-state index in [4.69, 9.17) is 0 Å². The lowest BCUT2D eigenvalue weighted by atomic mass is 10.1. The van der Waals surface area contributed by atoms with Gasteiger partial charge in [0.2, 0.25) is 0 Å². The number of aryl methyl sites for hydroxylation is 1. The van der Waals surface area contributed by atoms with Crippen molar-refractivity contribution in [3.63, 3.8) is 0 Å². The first-order valence-corrected chi connectivity index (χ1v) is 8.71. The number of amides is 1. The van der Waals surface area contributed by atoms with Gasteiger partial charge in [0.05, 0.1) is 16.8 Å². The molecule has 6 heteroatoms. The van der Waals surface area contributed by atoms with Gasteiger partial charge in [0.25, 0.3) is 5.91 Å². The molecule has 0 unspecified atom stereocenters. The van der Waals surface area contributed by atoms with Gasteiger partial charge < -0.3 is 14.8 Å². The molecular formula is C22H17N3O3. The number of carboxylic acids is 1. The molecule has 6 nitrogen and oxygen atoms in total. The fourth-order valence-electron chi connectivity index (χ4n) is 3.12. The first kappa shape index (κ1) is 17.5. The molecular weight excluding hydrogens is 354 g/mol. The molecule has 2 aromatic carbocycles. The number of nitrogens with one attached hydrogen (secondary N) is 1. The summed E-state index contributed by atoms with van der Waals surface area (Å²) in [5, 5.41) is 12.0. The Bertz CT molecular complexity index is 1210. The third-order valence-corrected chi connectivity index (χ3v) is 4.50. The molecule has 4 aromatic rings. The summed E-state index contributed by atoms with van der Waals surface area (Å²) in [4.78, 5) is 28.6. The number of hydrogen-bond acceptors (Lipinski definition) is 3. The normalized spacial score (nSPS) is 10.8. The maximum atomic E-state index is 12.6. The van der Waals surface area contributed by atoms with E-state index in [1.54, 1.807) is 18.2 Å². The Kier molecular flexibility index (Phi) is 4.37. The number of nitrogens with zero attached hydrogens (tertiary/aromatic N) is 2. The van der Waals surface area contributed by atoms with Gasteiger partial charge in [0.15, 0.2) is 0 Å². The maximum Gasteiger partial charge on any atom is 0.336 e. The quantitative estimate of drug-likeness (QED) is 0.561. The topological polar surface area (TPSA) is 83.7 Å². The van der Waals surface area contributed by atoms with Crippen LogP contribution in [0.1, 0.15) is 26.3 Å². The molecule has 0 atom stereocenters. The van der Waals surface area contributed by atoms with Gasteiger partial charge in [0, 0.05) is 23.6 Å². The number of rotatable bonds is 4. The van der Waals surface area contributed by atoms with Crippen molar-refractivity contribution in [2.75, 3.05) is 5.32 Å². The summed E-state index contributed by atoms with van der Waals surface area (Å²) in [6, 6.07) is 17.4. The Labute approximate surface area is 161 Å². The number of imidazole rings is 1. The summed E-state index contributed by atoms with van der Waals surface area (Å²) in [5.74, 6) is -1.61. The van der Waals surface area contributed by atoms with E-state index in [9.17, 15) is 14.7 Å². The average molecular weight is 371 g/mol. The summed E-state index contributed by atoms with van der Waals surface area (Å²) in [5.41, 5.74) is 4.24.